The number of nitrogens with one attached hydrogen (secondary N) is 2. The van der Waals surface area contributed by atoms with Gasteiger partial charge in [-0.05, 0) is 44.4 Å². The predicted molar refractivity (Wildman–Crippen MR) is 99.7 cm³/mol. The zero-order valence-electron chi connectivity index (χ0n) is 16.0. The number of carbonyl (C=O) groups excluding carboxylic acids is 2. The van der Waals surface area contributed by atoms with E-state index in [4.69, 9.17) is 4.74 Å². The Labute approximate surface area is 166 Å². The third-order valence-electron chi connectivity index (χ3n) is 4.32. The maximum Gasteiger partial charge on any atom is 0.272 e. The topological polar surface area (TPSA) is 106 Å². The van der Waals surface area contributed by atoms with Crippen LogP contribution >= 0.6 is 0 Å². The summed E-state index contributed by atoms with van der Waals surface area (Å²) in [6.45, 7) is 2.71. The number of pyridine rings is 1. The van der Waals surface area contributed by atoms with Crippen LogP contribution in [-0.4, -0.2) is 39.8 Å². The van der Waals surface area contributed by atoms with E-state index >= 15 is 0 Å². The monoisotopic (exact) mass is 405 g/mol. The van der Waals surface area contributed by atoms with Crippen molar-refractivity contribution in [3.63, 3.8) is 0 Å². The summed E-state index contributed by atoms with van der Waals surface area (Å²) in [5.41, 5.74) is 1.37. The predicted octanol–water partition coefficient (Wildman–Crippen LogP) is 2.66. The molecule has 1 saturated carbocycles. The first-order valence-corrected chi connectivity index (χ1v) is 9.15. The molecule has 10 heteroatoms. The lowest BCUT2D eigenvalue weighted by atomic mass is 10.1. The summed E-state index contributed by atoms with van der Waals surface area (Å²) >= 11 is 0. The number of hydrogen-bond donors (Lipinski definition) is 2. The zero-order chi connectivity index (χ0) is 21.0. The fraction of sp³-hybridized carbons (Fsp3) is 0.421. The Morgan fingerprint density at radius 2 is 2.07 bits per heavy atom. The summed E-state index contributed by atoms with van der Waals surface area (Å²) in [6, 6.07) is 2.73. The van der Waals surface area contributed by atoms with Crippen molar-refractivity contribution in [1.82, 2.24) is 20.3 Å². The largest absolute Gasteiger partial charge is 0.471 e. The van der Waals surface area contributed by atoms with E-state index in [1.54, 1.807) is 19.9 Å². The minimum atomic E-state index is -2.58. The standard InChI is InChI=1S/C19H21F2N5O3/c1-10-7-13(8-23-18(10)29-9-15(20)21)11(2)24-17(28)14-5-6-22-19(25-14)26-16(27)12-3-4-12/h5-8,11-12,15H,3-4,9H2,1-2H3,(H,24,28)(H,22,25,26,27). The molecule has 0 saturated heterocycles. The van der Waals surface area contributed by atoms with E-state index in [2.05, 4.69) is 25.6 Å². The van der Waals surface area contributed by atoms with Crippen molar-refractivity contribution >= 4 is 17.8 Å². The molecule has 2 amide bonds. The zero-order valence-corrected chi connectivity index (χ0v) is 16.0. The second kappa shape index (κ2) is 8.89. The highest BCUT2D eigenvalue weighted by Gasteiger charge is 2.30. The first kappa shape index (κ1) is 20.6. The lowest BCUT2D eigenvalue weighted by molar-refractivity contribution is -0.117. The molecule has 2 N–H and O–H groups in total. The van der Waals surface area contributed by atoms with Crippen LogP contribution in [0.1, 0.15) is 47.4 Å². The minimum Gasteiger partial charge on any atom is -0.471 e. The number of amides is 2. The first-order valence-electron chi connectivity index (χ1n) is 9.15. The Morgan fingerprint density at radius 3 is 2.72 bits per heavy atom. The molecule has 154 valence electrons. The molecule has 0 radical (unpaired) electrons. The van der Waals surface area contributed by atoms with Gasteiger partial charge in [-0.3, -0.25) is 14.9 Å². The molecule has 1 atom stereocenters. The van der Waals surface area contributed by atoms with Crippen LogP contribution in [0.5, 0.6) is 5.88 Å². The number of hydrogen-bond acceptors (Lipinski definition) is 6. The molecule has 1 aliphatic rings. The second-order valence-electron chi connectivity index (χ2n) is 6.82. The van der Waals surface area contributed by atoms with Crippen LogP contribution < -0.4 is 15.4 Å². The molecular weight excluding hydrogens is 384 g/mol. The van der Waals surface area contributed by atoms with E-state index in [-0.39, 0.29) is 29.3 Å². The molecule has 2 aromatic rings. The molecule has 1 unspecified atom stereocenters. The van der Waals surface area contributed by atoms with Crippen LogP contribution in [-0.2, 0) is 4.79 Å². The van der Waals surface area contributed by atoms with Crippen molar-refractivity contribution < 1.29 is 23.1 Å². The third-order valence-corrected chi connectivity index (χ3v) is 4.32. The quantitative estimate of drug-likeness (QED) is 0.699. The number of ether oxygens (including phenoxy) is 1. The van der Waals surface area contributed by atoms with Crippen LogP contribution in [0.25, 0.3) is 0 Å². The van der Waals surface area contributed by atoms with Crippen molar-refractivity contribution in [1.29, 1.82) is 0 Å². The summed E-state index contributed by atoms with van der Waals surface area (Å²) in [5, 5.41) is 5.38. The van der Waals surface area contributed by atoms with Crippen molar-refractivity contribution in [3.8, 4) is 5.88 Å². The van der Waals surface area contributed by atoms with Crippen molar-refractivity contribution in [2.75, 3.05) is 11.9 Å². The lowest BCUT2D eigenvalue weighted by Gasteiger charge is -2.16. The Balaban J connectivity index is 1.62. The van der Waals surface area contributed by atoms with Crippen molar-refractivity contribution in [2.45, 2.75) is 39.2 Å². The van der Waals surface area contributed by atoms with Crippen LogP contribution in [0.3, 0.4) is 0 Å². The number of rotatable bonds is 8. The van der Waals surface area contributed by atoms with Crippen molar-refractivity contribution in [3.05, 3.63) is 41.3 Å². The number of alkyl halides is 2. The van der Waals surface area contributed by atoms with Gasteiger partial charge in [0, 0.05) is 23.9 Å². The normalized spacial score (nSPS) is 14.4. The van der Waals surface area contributed by atoms with Gasteiger partial charge in [0.2, 0.25) is 17.7 Å². The summed E-state index contributed by atoms with van der Waals surface area (Å²) in [5.74, 6) is -0.386. The summed E-state index contributed by atoms with van der Waals surface area (Å²) < 4.78 is 29.5. The van der Waals surface area contributed by atoms with E-state index in [1.165, 1.54) is 18.5 Å². The number of carbonyl (C=O) groups is 2. The molecule has 3 rings (SSSR count). The Morgan fingerprint density at radius 1 is 1.31 bits per heavy atom. The molecule has 2 heterocycles. The second-order valence-corrected chi connectivity index (χ2v) is 6.82. The highest BCUT2D eigenvalue weighted by molar-refractivity contribution is 5.95. The van der Waals surface area contributed by atoms with E-state index in [1.807, 2.05) is 0 Å². The molecule has 0 bridgehead atoms. The van der Waals surface area contributed by atoms with E-state index in [0.717, 1.165) is 12.8 Å². The lowest BCUT2D eigenvalue weighted by Crippen LogP contribution is -2.28. The molecule has 1 fully saturated rings. The van der Waals surface area contributed by atoms with Gasteiger partial charge in [0.15, 0.2) is 6.61 Å². The van der Waals surface area contributed by atoms with Gasteiger partial charge in [-0.15, -0.1) is 0 Å². The van der Waals surface area contributed by atoms with E-state index in [9.17, 15) is 18.4 Å². The summed E-state index contributed by atoms with van der Waals surface area (Å²) in [4.78, 5) is 36.4. The third kappa shape index (κ3) is 5.66. The van der Waals surface area contributed by atoms with Crippen molar-refractivity contribution in [2.24, 2.45) is 5.92 Å². The molecule has 0 aromatic carbocycles. The van der Waals surface area contributed by atoms with Gasteiger partial charge in [-0.25, -0.2) is 23.7 Å². The van der Waals surface area contributed by atoms with E-state index < -0.39 is 25.0 Å². The fourth-order valence-electron chi connectivity index (χ4n) is 2.57. The van der Waals surface area contributed by atoms with Gasteiger partial charge in [0.1, 0.15) is 5.69 Å². The van der Waals surface area contributed by atoms with Gasteiger partial charge >= 0.3 is 0 Å². The number of aromatic nitrogens is 3. The van der Waals surface area contributed by atoms with Crippen LogP contribution in [0.15, 0.2) is 24.5 Å². The molecular formula is C19H21F2N5O3. The molecule has 29 heavy (non-hydrogen) atoms. The number of aryl methyl sites for hydroxylation is 1. The minimum absolute atomic E-state index is 0.000473. The Bertz CT molecular complexity index is 905. The highest BCUT2D eigenvalue weighted by Crippen LogP contribution is 2.29. The van der Waals surface area contributed by atoms with Crippen LogP contribution in [0, 0.1) is 12.8 Å². The smallest absolute Gasteiger partial charge is 0.272 e. The summed E-state index contributed by atoms with van der Waals surface area (Å²) in [7, 11) is 0. The SMILES string of the molecule is Cc1cc(C(C)NC(=O)c2ccnc(NC(=O)C3CC3)n2)cnc1OCC(F)F. The highest BCUT2D eigenvalue weighted by atomic mass is 19.3. The Hall–Kier alpha value is -3.17. The van der Waals surface area contributed by atoms with Crippen LogP contribution in [0.2, 0.25) is 0 Å². The average Bonchev–Trinajstić information content (AvgIpc) is 3.52. The maximum atomic E-state index is 12.5. The van der Waals surface area contributed by atoms with Crippen LogP contribution in [0.4, 0.5) is 14.7 Å². The number of nitrogens with zero attached hydrogens (tertiary/aromatic N) is 3. The molecule has 1 aliphatic carbocycles. The maximum absolute atomic E-state index is 12.5. The van der Waals surface area contributed by atoms with E-state index in [0.29, 0.717) is 11.1 Å². The molecule has 8 nitrogen and oxygen atoms in total. The number of anilines is 1. The fourth-order valence-corrected chi connectivity index (χ4v) is 2.57. The van der Waals surface area contributed by atoms with Gasteiger partial charge in [0.05, 0.1) is 6.04 Å². The molecule has 0 aliphatic heterocycles. The van der Waals surface area contributed by atoms with Gasteiger partial charge < -0.3 is 10.1 Å². The average molecular weight is 405 g/mol. The first-order chi connectivity index (χ1) is 13.8. The Kier molecular flexibility index (Phi) is 6.30. The summed E-state index contributed by atoms with van der Waals surface area (Å²) in [6.07, 6.45) is 1.97. The van der Waals surface area contributed by atoms with Gasteiger partial charge in [0.25, 0.3) is 12.3 Å². The van der Waals surface area contributed by atoms with Gasteiger partial charge in [-0.1, -0.05) is 0 Å². The number of halogens is 2. The molecule has 0 spiro atoms. The van der Waals surface area contributed by atoms with Gasteiger partial charge in [-0.2, -0.15) is 0 Å². The molecule has 2 aromatic heterocycles.